The zero-order valence-corrected chi connectivity index (χ0v) is 21.4. The van der Waals surface area contributed by atoms with Crippen LogP contribution in [0, 0.1) is 6.92 Å². The lowest BCUT2D eigenvalue weighted by atomic mass is 10.1. The minimum absolute atomic E-state index is 0.0379. The van der Waals surface area contributed by atoms with Gasteiger partial charge in [0.2, 0.25) is 5.91 Å². The lowest BCUT2D eigenvalue weighted by Crippen LogP contribution is -2.38. The molecule has 3 rings (SSSR count). The first-order valence-electron chi connectivity index (χ1n) is 11.2. The van der Waals surface area contributed by atoms with E-state index in [4.69, 9.17) is 11.6 Å². The summed E-state index contributed by atoms with van der Waals surface area (Å²) in [4.78, 5) is 25.8. The number of hydrogen-bond acceptors (Lipinski definition) is 4. The smallest absolute Gasteiger partial charge is 0.264 e. The zero-order valence-electron chi connectivity index (χ0n) is 19.8. The lowest BCUT2D eigenvalue weighted by molar-refractivity contribution is -0.114. The number of sulfonamides is 1. The Bertz CT molecular complexity index is 1310. The largest absolute Gasteiger partial charge is 0.350 e. The first kappa shape index (κ1) is 26.2. The fourth-order valence-corrected chi connectivity index (χ4v) is 4.89. The van der Waals surface area contributed by atoms with Crippen LogP contribution in [0.15, 0.2) is 77.7 Å². The van der Waals surface area contributed by atoms with E-state index >= 15 is 0 Å². The summed E-state index contributed by atoms with van der Waals surface area (Å²) in [5.41, 5.74) is 1.61. The molecule has 0 aromatic heterocycles. The number of amides is 2. The number of rotatable bonds is 9. The van der Waals surface area contributed by atoms with E-state index in [1.165, 1.54) is 18.2 Å². The number of para-hydroxylation sites is 1. The molecule has 0 heterocycles. The van der Waals surface area contributed by atoms with Crippen LogP contribution >= 0.6 is 11.6 Å². The van der Waals surface area contributed by atoms with Crippen molar-refractivity contribution in [2.24, 2.45) is 0 Å². The Morgan fingerprint density at radius 3 is 2.31 bits per heavy atom. The van der Waals surface area contributed by atoms with Crippen LogP contribution in [-0.4, -0.2) is 32.8 Å². The molecule has 0 fully saturated rings. The van der Waals surface area contributed by atoms with Crippen LogP contribution in [0.1, 0.15) is 36.2 Å². The minimum Gasteiger partial charge on any atom is -0.350 e. The van der Waals surface area contributed by atoms with E-state index in [2.05, 4.69) is 10.6 Å². The Kier molecular flexibility index (Phi) is 8.53. The average molecular weight is 514 g/mol. The van der Waals surface area contributed by atoms with Crippen molar-refractivity contribution < 1.29 is 18.0 Å². The lowest BCUT2D eigenvalue weighted by Gasteiger charge is -2.25. The third-order valence-corrected chi connectivity index (χ3v) is 7.69. The Labute approximate surface area is 211 Å². The summed E-state index contributed by atoms with van der Waals surface area (Å²) in [5, 5.41) is 5.94. The predicted octanol–water partition coefficient (Wildman–Crippen LogP) is 5.01. The van der Waals surface area contributed by atoms with Crippen molar-refractivity contribution in [3.63, 3.8) is 0 Å². The molecule has 9 heteroatoms. The second-order valence-electron chi connectivity index (χ2n) is 8.13. The van der Waals surface area contributed by atoms with Crippen LogP contribution in [0.5, 0.6) is 0 Å². The number of benzene rings is 3. The minimum atomic E-state index is -4.08. The Morgan fingerprint density at radius 1 is 1.00 bits per heavy atom. The van der Waals surface area contributed by atoms with E-state index in [0.29, 0.717) is 5.02 Å². The molecular weight excluding hydrogens is 486 g/mol. The van der Waals surface area contributed by atoms with E-state index in [-0.39, 0.29) is 33.8 Å². The maximum atomic E-state index is 13.5. The molecule has 0 saturated heterocycles. The molecule has 0 bridgehead atoms. The predicted molar refractivity (Wildman–Crippen MR) is 139 cm³/mol. The van der Waals surface area contributed by atoms with E-state index in [9.17, 15) is 18.0 Å². The van der Waals surface area contributed by atoms with E-state index in [1.54, 1.807) is 61.5 Å². The van der Waals surface area contributed by atoms with Gasteiger partial charge in [-0.1, -0.05) is 54.9 Å². The van der Waals surface area contributed by atoms with Gasteiger partial charge in [-0.3, -0.25) is 13.9 Å². The second-order valence-corrected chi connectivity index (χ2v) is 10.4. The van der Waals surface area contributed by atoms with Gasteiger partial charge in [0.15, 0.2) is 0 Å². The van der Waals surface area contributed by atoms with Crippen molar-refractivity contribution in [3.05, 3.63) is 88.9 Å². The van der Waals surface area contributed by atoms with Gasteiger partial charge in [0.05, 0.1) is 21.8 Å². The van der Waals surface area contributed by atoms with Gasteiger partial charge in [-0.2, -0.15) is 0 Å². The molecule has 0 spiro atoms. The van der Waals surface area contributed by atoms with Crippen LogP contribution < -0.4 is 14.9 Å². The normalized spacial score (nSPS) is 12.0. The van der Waals surface area contributed by atoms with Crippen molar-refractivity contribution in [2.45, 2.75) is 38.1 Å². The summed E-state index contributed by atoms with van der Waals surface area (Å²) in [5.74, 6) is -0.931. The molecule has 2 N–H and O–H groups in total. The Morgan fingerprint density at radius 2 is 1.66 bits per heavy atom. The number of halogens is 1. The number of aryl methyl sites for hydroxylation is 1. The average Bonchev–Trinajstić information content (AvgIpc) is 2.85. The molecule has 1 atom stereocenters. The second kappa shape index (κ2) is 11.4. The van der Waals surface area contributed by atoms with Gasteiger partial charge in [0.25, 0.3) is 15.9 Å². The number of nitrogens with zero attached hydrogens (tertiary/aromatic N) is 1. The number of hydrogen-bond donors (Lipinski definition) is 2. The van der Waals surface area contributed by atoms with Gasteiger partial charge < -0.3 is 10.6 Å². The molecule has 3 aromatic carbocycles. The Balaban J connectivity index is 1.93. The summed E-state index contributed by atoms with van der Waals surface area (Å²) in [6, 6.07) is 19.2. The summed E-state index contributed by atoms with van der Waals surface area (Å²) in [7, 11) is -4.08. The summed E-state index contributed by atoms with van der Waals surface area (Å²) >= 11 is 6.26. The van der Waals surface area contributed by atoms with Crippen LogP contribution in [0.4, 0.5) is 11.4 Å². The van der Waals surface area contributed by atoms with Crippen LogP contribution in [0.25, 0.3) is 0 Å². The third kappa shape index (κ3) is 6.41. The topological polar surface area (TPSA) is 95.6 Å². The molecule has 0 aliphatic heterocycles. The molecular formula is C26H28ClN3O4S. The fraction of sp³-hybridized carbons (Fsp3) is 0.231. The molecule has 2 amide bonds. The number of anilines is 2. The maximum Gasteiger partial charge on any atom is 0.264 e. The van der Waals surface area contributed by atoms with E-state index in [0.717, 1.165) is 16.3 Å². The first-order valence-corrected chi connectivity index (χ1v) is 13.0. The highest BCUT2D eigenvalue weighted by Gasteiger charge is 2.28. The number of carbonyl (C=O) groups excluding carboxylic acids is 2. The van der Waals surface area contributed by atoms with Crippen LogP contribution in [0.3, 0.4) is 0 Å². The van der Waals surface area contributed by atoms with Gasteiger partial charge in [0.1, 0.15) is 6.54 Å². The molecule has 0 unspecified atom stereocenters. The molecule has 0 saturated carbocycles. The van der Waals surface area contributed by atoms with Crippen molar-refractivity contribution in [3.8, 4) is 0 Å². The van der Waals surface area contributed by atoms with Crippen LogP contribution in [0.2, 0.25) is 5.02 Å². The van der Waals surface area contributed by atoms with E-state index < -0.39 is 22.5 Å². The molecule has 0 aliphatic rings. The molecule has 3 aromatic rings. The van der Waals surface area contributed by atoms with Crippen molar-refractivity contribution in [2.75, 3.05) is 16.2 Å². The highest BCUT2D eigenvalue weighted by molar-refractivity contribution is 7.92. The maximum absolute atomic E-state index is 13.5. The monoisotopic (exact) mass is 513 g/mol. The Hall–Kier alpha value is -3.36. The number of nitrogens with one attached hydrogen (secondary N) is 2. The molecule has 35 heavy (non-hydrogen) atoms. The van der Waals surface area contributed by atoms with Gasteiger partial charge in [0, 0.05) is 11.1 Å². The molecule has 0 radical (unpaired) electrons. The summed E-state index contributed by atoms with van der Waals surface area (Å²) in [6.45, 7) is 5.13. The summed E-state index contributed by atoms with van der Waals surface area (Å²) < 4.78 is 28.0. The quantitative estimate of drug-likeness (QED) is 0.420. The van der Waals surface area contributed by atoms with E-state index in [1.807, 2.05) is 13.8 Å². The fourth-order valence-electron chi connectivity index (χ4n) is 3.29. The van der Waals surface area contributed by atoms with Gasteiger partial charge >= 0.3 is 0 Å². The third-order valence-electron chi connectivity index (χ3n) is 5.50. The summed E-state index contributed by atoms with van der Waals surface area (Å²) in [6.07, 6.45) is 0.756. The van der Waals surface area contributed by atoms with Gasteiger partial charge in [-0.25, -0.2) is 8.42 Å². The van der Waals surface area contributed by atoms with Gasteiger partial charge in [-0.05, 0) is 62.2 Å². The van der Waals surface area contributed by atoms with Gasteiger partial charge in [-0.15, -0.1) is 0 Å². The standard InChI is InChI=1S/C26H28ClN3O4S/c1-4-19(3)28-26(32)22-12-8-9-13-24(22)29-25(31)17-30(20-15-14-18(2)23(27)16-20)35(33,34)21-10-6-5-7-11-21/h5-16,19H,4,17H2,1-3H3,(H,28,32)(H,29,31)/t19-/m1/s1. The van der Waals surface area contributed by atoms with Crippen molar-refractivity contribution >= 4 is 44.8 Å². The number of carbonyl (C=O) groups is 2. The zero-order chi connectivity index (χ0) is 25.6. The van der Waals surface area contributed by atoms with Crippen molar-refractivity contribution in [1.82, 2.24) is 5.32 Å². The van der Waals surface area contributed by atoms with Crippen molar-refractivity contribution in [1.29, 1.82) is 0 Å². The highest BCUT2D eigenvalue weighted by Crippen LogP contribution is 2.28. The SMILES string of the molecule is CC[C@@H](C)NC(=O)c1ccccc1NC(=O)CN(c1ccc(C)c(Cl)c1)S(=O)(=O)c1ccccc1. The van der Waals surface area contributed by atoms with Crippen LogP contribution in [-0.2, 0) is 14.8 Å². The highest BCUT2D eigenvalue weighted by atomic mass is 35.5. The molecule has 7 nitrogen and oxygen atoms in total. The molecule has 184 valence electrons. The molecule has 0 aliphatic carbocycles. The first-order chi connectivity index (χ1) is 16.6.